The van der Waals surface area contributed by atoms with Crippen LogP contribution in [0.1, 0.15) is 19.3 Å². The van der Waals surface area contributed by atoms with Gasteiger partial charge in [0.15, 0.2) is 14.9 Å². The van der Waals surface area contributed by atoms with Crippen molar-refractivity contribution in [3.63, 3.8) is 0 Å². The van der Waals surface area contributed by atoms with Crippen LogP contribution >= 0.6 is 0 Å². The van der Waals surface area contributed by atoms with Gasteiger partial charge in [0, 0.05) is 19.3 Å². The minimum absolute atomic E-state index is 0.134. The highest BCUT2D eigenvalue weighted by Gasteiger charge is 2.36. The van der Waals surface area contributed by atoms with Crippen molar-refractivity contribution in [3.05, 3.63) is 0 Å². The summed E-state index contributed by atoms with van der Waals surface area (Å²) in [5.74, 6) is 0.134. The first-order chi connectivity index (χ1) is 7.67. The summed E-state index contributed by atoms with van der Waals surface area (Å²) in [5.41, 5.74) is 5.59. The van der Waals surface area contributed by atoms with Gasteiger partial charge < -0.3 is 5.73 Å². The van der Waals surface area contributed by atoms with Gasteiger partial charge in [-0.2, -0.15) is 0 Å². The topological polar surface area (TPSA) is 97.5 Å². The smallest absolute Gasteiger partial charge is 0.228 e. The van der Waals surface area contributed by atoms with Crippen molar-refractivity contribution in [2.24, 2.45) is 11.7 Å². The number of sulfonamides is 1. The zero-order valence-electron chi connectivity index (χ0n) is 10.2. The standard InChI is InChI=1S/C9H20N2O4S2/c1-11(9-5-3-4-8(9)6-10)17(14,15)7-16(2,12)13/h8-9H,3-7,10H2,1-2H3. The monoisotopic (exact) mass is 284 g/mol. The number of nitrogens with zero attached hydrogens (tertiary/aromatic N) is 1. The van der Waals surface area contributed by atoms with E-state index in [4.69, 9.17) is 5.73 Å². The van der Waals surface area contributed by atoms with E-state index in [1.165, 1.54) is 11.4 Å². The molecule has 102 valence electrons. The molecule has 0 radical (unpaired) electrons. The summed E-state index contributed by atoms with van der Waals surface area (Å²) in [7, 11) is -5.85. The second-order valence-corrected chi connectivity index (χ2v) is 9.20. The predicted octanol–water partition coefficient (Wildman–Crippen LogP) is -0.622. The first kappa shape index (κ1) is 14.9. The molecule has 1 rings (SSSR count). The van der Waals surface area contributed by atoms with Gasteiger partial charge in [0.25, 0.3) is 0 Å². The van der Waals surface area contributed by atoms with E-state index in [0.29, 0.717) is 6.54 Å². The molecule has 6 nitrogen and oxygen atoms in total. The summed E-state index contributed by atoms with van der Waals surface area (Å²) < 4.78 is 47.2. The number of rotatable bonds is 5. The molecule has 0 aliphatic heterocycles. The Morgan fingerprint density at radius 1 is 1.24 bits per heavy atom. The normalized spacial score (nSPS) is 26.6. The molecule has 0 aromatic rings. The van der Waals surface area contributed by atoms with Gasteiger partial charge >= 0.3 is 0 Å². The SMILES string of the molecule is CN(C1CCCC1CN)S(=O)(=O)CS(C)(=O)=O. The van der Waals surface area contributed by atoms with E-state index in [1.807, 2.05) is 0 Å². The van der Waals surface area contributed by atoms with Gasteiger partial charge in [0.2, 0.25) is 10.0 Å². The van der Waals surface area contributed by atoms with Crippen LogP contribution in [-0.4, -0.2) is 52.1 Å². The highest BCUT2D eigenvalue weighted by Crippen LogP contribution is 2.30. The van der Waals surface area contributed by atoms with Crippen LogP contribution in [0.5, 0.6) is 0 Å². The lowest BCUT2D eigenvalue weighted by Gasteiger charge is -2.28. The fourth-order valence-electron chi connectivity index (χ4n) is 2.33. The number of hydrogen-bond donors (Lipinski definition) is 1. The van der Waals surface area contributed by atoms with Crippen LogP contribution in [0, 0.1) is 5.92 Å². The Morgan fingerprint density at radius 3 is 2.29 bits per heavy atom. The molecule has 2 unspecified atom stereocenters. The van der Waals surface area contributed by atoms with Crippen molar-refractivity contribution < 1.29 is 16.8 Å². The average molecular weight is 284 g/mol. The van der Waals surface area contributed by atoms with Crippen LogP contribution in [0.3, 0.4) is 0 Å². The first-order valence-electron chi connectivity index (χ1n) is 5.51. The lowest BCUT2D eigenvalue weighted by atomic mass is 10.0. The predicted molar refractivity (Wildman–Crippen MR) is 66.6 cm³/mol. The molecule has 1 saturated carbocycles. The van der Waals surface area contributed by atoms with Crippen molar-refractivity contribution in [1.82, 2.24) is 4.31 Å². The van der Waals surface area contributed by atoms with Crippen LogP contribution in [0.25, 0.3) is 0 Å². The fraction of sp³-hybridized carbons (Fsp3) is 1.00. The summed E-state index contributed by atoms with van der Waals surface area (Å²) >= 11 is 0. The zero-order valence-corrected chi connectivity index (χ0v) is 11.8. The quantitative estimate of drug-likeness (QED) is 0.725. The molecule has 1 aliphatic carbocycles. The summed E-state index contributed by atoms with van der Waals surface area (Å²) in [6.07, 6.45) is 3.51. The molecule has 0 bridgehead atoms. The van der Waals surface area contributed by atoms with Gasteiger partial charge in [-0.1, -0.05) is 6.42 Å². The van der Waals surface area contributed by atoms with Gasteiger partial charge in [-0.05, 0) is 25.3 Å². The molecule has 0 aromatic heterocycles. The zero-order chi connectivity index (χ0) is 13.3. The average Bonchev–Trinajstić information content (AvgIpc) is 2.59. The molecule has 2 atom stereocenters. The fourth-order valence-corrected chi connectivity index (χ4v) is 5.85. The Labute approximate surface area is 103 Å². The van der Waals surface area contributed by atoms with Crippen LogP contribution in [0.15, 0.2) is 0 Å². The lowest BCUT2D eigenvalue weighted by Crippen LogP contribution is -2.43. The Bertz CT molecular complexity index is 457. The highest BCUT2D eigenvalue weighted by atomic mass is 32.3. The molecule has 8 heteroatoms. The molecular formula is C9H20N2O4S2. The third-order valence-electron chi connectivity index (χ3n) is 3.19. The van der Waals surface area contributed by atoms with Crippen molar-refractivity contribution >= 4 is 19.9 Å². The van der Waals surface area contributed by atoms with E-state index in [2.05, 4.69) is 0 Å². The van der Waals surface area contributed by atoms with Crippen molar-refractivity contribution in [1.29, 1.82) is 0 Å². The van der Waals surface area contributed by atoms with Crippen molar-refractivity contribution in [3.8, 4) is 0 Å². The largest absolute Gasteiger partial charge is 0.330 e. The molecule has 1 aliphatic rings. The summed E-state index contributed by atoms with van der Waals surface area (Å²) in [6, 6.07) is -0.160. The maximum Gasteiger partial charge on any atom is 0.228 e. The second kappa shape index (κ2) is 5.21. The van der Waals surface area contributed by atoms with Gasteiger partial charge in [-0.3, -0.25) is 0 Å². The van der Waals surface area contributed by atoms with Crippen LogP contribution < -0.4 is 5.73 Å². The number of hydrogen-bond acceptors (Lipinski definition) is 5. The third-order valence-corrected chi connectivity index (χ3v) is 7.24. The van der Waals surface area contributed by atoms with Crippen LogP contribution in [0.2, 0.25) is 0 Å². The Hall–Kier alpha value is -0.180. The molecule has 0 heterocycles. The minimum Gasteiger partial charge on any atom is -0.330 e. The molecule has 0 aromatic carbocycles. The van der Waals surface area contributed by atoms with Gasteiger partial charge in [-0.25, -0.2) is 21.1 Å². The molecule has 1 fully saturated rings. The van der Waals surface area contributed by atoms with Gasteiger partial charge in [0.1, 0.15) is 0 Å². The molecule has 0 spiro atoms. The van der Waals surface area contributed by atoms with Crippen molar-refractivity contribution in [2.45, 2.75) is 25.3 Å². The van der Waals surface area contributed by atoms with Crippen LogP contribution in [0.4, 0.5) is 0 Å². The van der Waals surface area contributed by atoms with Crippen LogP contribution in [-0.2, 0) is 19.9 Å². The molecule has 0 saturated heterocycles. The van der Waals surface area contributed by atoms with E-state index < -0.39 is 24.9 Å². The molecule has 2 N–H and O–H groups in total. The lowest BCUT2D eigenvalue weighted by molar-refractivity contribution is 0.305. The Kier molecular flexibility index (Phi) is 4.56. The van der Waals surface area contributed by atoms with E-state index in [0.717, 1.165) is 25.5 Å². The van der Waals surface area contributed by atoms with Gasteiger partial charge in [0.05, 0.1) is 0 Å². The second-order valence-electron chi connectivity index (χ2n) is 4.67. The minimum atomic E-state index is -3.75. The van der Waals surface area contributed by atoms with E-state index in [-0.39, 0.29) is 12.0 Å². The number of sulfone groups is 1. The maximum atomic E-state index is 11.9. The van der Waals surface area contributed by atoms with Crippen molar-refractivity contribution in [2.75, 3.05) is 24.9 Å². The summed E-state index contributed by atoms with van der Waals surface area (Å²) in [4.78, 5) is 0. The summed E-state index contributed by atoms with van der Waals surface area (Å²) in [5, 5.41) is -0.829. The van der Waals surface area contributed by atoms with E-state index in [9.17, 15) is 16.8 Å². The maximum absolute atomic E-state index is 11.9. The number of nitrogens with two attached hydrogens (primary N) is 1. The first-order valence-corrected chi connectivity index (χ1v) is 9.18. The van der Waals surface area contributed by atoms with Gasteiger partial charge in [-0.15, -0.1) is 0 Å². The van der Waals surface area contributed by atoms with E-state index in [1.54, 1.807) is 0 Å². The molecular weight excluding hydrogens is 264 g/mol. The Balaban J connectivity index is 2.85. The van der Waals surface area contributed by atoms with E-state index >= 15 is 0 Å². The highest BCUT2D eigenvalue weighted by molar-refractivity contribution is 8.06. The molecule has 0 amide bonds. The molecule has 17 heavy (non-hydrogen) atoms. The Morgan fingerprint density at radius 2 is 1.82 bits per heavy atom. The third kappa shape index (κ3) is 3.90. The summed E-state index contributed by atoms with van der Waals surface area (Å²) in [6.45, 7) is 0.434.